The van der Waals surface area contributed by atoms with E-state index in [1.165, 1.54) is 0 Å². The van der Waals surface area contributed by atoms with Gasteiger partial charge in [0.2, 0.25) is 11.8 Å². The summed E-state index contributed by atoms with van der Waals surface area (Å²) in [6, 6.07) is 8.29. The third-order valence-electron chi connectivity index (χ3n) is 4.45. The Morgan fingerprint density at radius 3 is 2.39 bits per heavy atom. The minimum Gasteiger partial charge on any atom is -0.357 e. The molecule has 3 rings (SSSR count). The predicted molar refractivity (Wildman–Crippen MR) is 84.6 cm³/mol. The Labute approximate surface area is 135 Å². The van der Waals surface area contributed by atoms with E-state index in [2.05, 4.69) is 5.32 Å². The molecule has 0 spiro atoms. The van der Waals surface area contributed by atoms with Crippen molar-refractivity contribution in [1.29, 1.82) is 0 Å². The summed E-state index contributed by atoms with van der Waals surface area (Å²) in [6.45, 7) is 1.14. The number of nitrogens with zero attached hydrogens (tertiary/aromatic N) is 2. The van der Waals surface area contributed by atoms with Crippen molar-refractivity contribution in [3.05, 3.63) is 35.9 Å². The van der Waals surface area contributed by atoms with Gasteiger partial charge in [-0.3, -0.25) is 14.4 Å². The van der Waals surface area contributed by atoms with Gasteiger partial charge in [-0.25, -0.2) is 0 Å². The van der Waals surface area contributed by atoms with E-state index in [0.717, 1.165) is 12.8 Å². The molecule has 1 aromatic rings. The molecule has 0 radical (unpaired) electrons. The van der Waals surface area contributed by atoms with Crippen molar-refractivity contribution in [3.8, 4) is 0 Å². The summed E-state index contributed by atoms with van der Waals surface area (Å²) in [7, 11) is 1.55. The van der Waals surface area contributed by atoms with E-state index in [4.69, 9.17) is 0 Å². The monoisotopic (exact) mass is 315 g/mol. The highest BCUT2D eigenvalue weighted by Gasteiger charge is 2.40. The lowest BCUT2D eigenvalue weighted by Crippen LogP contribution is -2.61. The van der Waals surface area contributed by atoms with Crippen LogP contribution in [0.4, 0.5) is 0 Å². The van der Waals surface area contributed by atoms with E-state index in [-0.39, 0.29) is 30.2 Å². The Kier molecular flexibility index (Phi) is 4.32. The Bertz CT molecular complexity index is 613. The average molecular weight is 315 g/mol. The lowest BCUT2D eigenvalue weighted by molar-refractivity contribution is -0.138. The van der Waals surface area contributed by atoms with Crippen LogP contribution >= 0.6 is 0 Å². The number of piperazine rings is 1. The van der Waals surface area contributed by atoms with Gasteiger partial charge in [-0.1, -0.05) is 18.2 Å². The second-order valence-corrected chi connectivity index (χ2v) is 6.05. The molecule has 0 bridgehead atoms. The normalized spacial score (nSPS) is 21.0. The fourth-order valence-corrected chi connectivity index (χ4v) is 2.95. The van der Waals surface area contributed by atoms with E-state index in [1.54, 1.807) is 41.1 Å². The van der Waals surface area contributed by atoms with Gasteiger partial charge in [-0.15, -0.1) is 0 Å². The second kappa shape index (κ2) is 6.40. The second-order valence-electron chi connectivity index (χ2n) is 6.05. The predicted octanol–water partition coefficient (Wildman–Crippen LogP) is 0.496. The third-order valence-corrected chi connectivity index (χ3v) is 4.45. The number of likely N-dealkylation sites (N-methyl/N-ethyl adjacent to an activating group) is 1. The summed E-state index contributed by atoms with van der Waals surface area (Å²) in [5.74, 6) is -0.164. The van der Waals surface area contributed by atoms with Gasteiger partial charge in [0.05, 0.1) is 6.54 Å². The maximum atomic E-state index is 12.7. The highest BCUT2D eigenvalue weighted by atomic mass is 16.2. The van der Waals surface area contributed by atoms with Gasteiger partial charge in [0, 0.05) is 31.6 Å². The number of benzene rings is 1. The molecule has 2 aliphatic rings. The Morgan fingerprint density at radius 2 is 1.78 bits per heavy atom. The van der Waals surface area contributed by atoms with Crippen LogP contribution in [-0.4, -0.2) is 60.2 Å². The number of carbonyl (C=O) groups excluding carboxylic acids is 3. The first-order chi connectivity index (χ1) is 11.1. The van der Waals surface area contributed by atoms with Crippen molar-refractivity contribution in [2.75, 3.05) is 26.7 Å². The van der Waals surface area contributed by atoms with Crippen molar-refractivity contribution in [2.45, 2.75) is 18.9 Å². The molecule has 122 valence electrons. The zero-order valence-electron chi connectivity index (χ0n) is 13.2. The van der Waals surface area contributed by atoms with Crippen molar-refractivity contribution in [2.24, 2.45) is 5.92 Å². The average Bonchev–Trinajstić information content (AvgIpc) is 3.45. The summed E-state index contributed by atoms with van der Waals surface area (Å²) < 4.78 is 0. The molecule has 0 aromatic heterocycles. The maximum Gasteiger partial charge on any atom is 0.254 e. The molecule has 2 fully saturated rings. The summed E-state index contributed by atoms with van der Waals surface area (Å²) in [6.07, 6.45) is 1.87. The van der Waals surface area contributed by atoms with Crippen LogP contribution in [0.2, 0.25) is 0 Å². The first-order valence-electron chi connectivity index (χ1n) is 7.98. The molecular weight excluding hydrogens is 294 g/mol. The molecule has 1 saturated carbocycles. The molecule has 1 aliphatic carbocycles. The molecule has 1 heterocycles. The van der Waals surface area contributed by atoms with Gasteiger partial charge in [-0.2, -0.15) is 0 Å². The number of rotatable bonds is 3. The van der Waals surface area contributed by atoms with Crippen molar-refractivity contribution < 1.29 is 14.4 Å². The lowest BCUT2D eigenvalue weighted by Gasteiger charge is -2.40. The van der Waals surface area contributed by atoms with E-state index in [9.17, 15) is 14.4 Å². The molecule has 6 nitrogen and oxygen atoms in total. The summed E-state index contributed by atoms with van der Waals surface area (Å²) >= 11 is 0. The van der Waals surface area contributed by atoms with Gasteiger partial charge < -0.3 is 15.1 Å². The van der Waals surface area contributed by atoms with Crippen LogP contribution in [0, 0.1) is 5.92 Å². The minimum absolute atomic E-state index is 0.116. The molecule has 23 heavy (non-hydrogen) atoms. The Hall–Kier alpha value is -2.37. The van der Waals surface area contributed by atoms with Crippen LogP contribution in [0.5, 0.6) is 0 Å². The van der Waals surface area contributed by atoms with Crippen LogP contribution in [0.15, 0.2) is 30.3 Å². The maximum absolute atomic E-state index is 12.7. The third kappa shape index (κ3) is 3.21. The molecule has 1 N–H and O–H groups in total. The number of nitrogens with one attached hydrogen (secondary N) is 1. The molecule has 1 atom stereocenters. The van der Waals surface area contributed by atoms with E-state index >= 15 is 0 Å². The molecule has 6 heteroatoms. The highest BCUT2D eigenvalue weighted by molar-refractivity contribution is 5.98. The van der Waals surface area contributed by atoms with Crippen molar-refractivity contribution >= 4 is 17.7 Å². The van der Waals surface area contributed by atoms with Gasteiger partial charge in [0.15, 0.2) is 0 Å². The quantitative estimate of drug-likeness (QED) is 0.883. The topological polar surface area (TPSA) is 69.7 Å². The van der Waals surface area contributed by atoms with E-state index in [0.29, 0.717) is 18.7 Å². The number of hydrogen-bond donors (Lipinski definition) is 1. The Balaban J connectivity index is 1.78. The smallest absolute Gasteiger partial charge is 0.254 e. The standard InChI is InChI=1S/C17H21N3O3/c1-18-15(21)14-11-19(16(22)13-7-8-13)9-10-20(14)17(23)12-5-3-2-4-6-12/h2-6,13-14H,7-11H2,1H3,(H,18,21). The SMILES string of the molecule is CNC(=O)C1CN(C(=O)C2CC2)CCN1C(=O)c1ccccc1. The van der Waals surface area contributed by atoms with Gasteiger partial charge in [0.1, 0.15) is 6.04 Å². The highest BCUT2D eigenvalue weighted by Crippen LogP contribution is 2.31. The van der Waals surface area contributed by atoms with Gasteiger partial charge in [-0.05, 0) is 25.0 Å². The molecule has 1 saturated heterocycles. The first-order valence-corrected chi connectivity index (χ1v) is 7.98. The fourth-order valence-electron chi connectivity index (χ4n) is 2.95. The van der Waals surface area contributed by atoms with Gasteiger partial charge in [0.25, 0.3) is 5.91 Å². The summed E-state index contributed by atoms with van der Waals surface area (Å²) in [4.78, 5) is 40.5. The van der Waals surface area contributed by atoms with Gasteiger partial charge >= 0.3 is 0 Å². The fraction of sp³-hybridized carbons (Fsp3) is 0.471. The zero-order valence-corrected chi connectivity index (χ0v) is 13.2. The van der Waals surface area contributed by atoms with Crippen LogP contribution in [0.3, 0.4) is 0 Å². The summed E-state index contributed by atoms with van der Waals surface area (Å²) in [5, 5.41) is 2.60. The molecule has 1 aromatic carbocycles. The van der Waals surface area contributed by atoms with E-state index in [1.807, 2.05) is 6.07 Å². The Morgan fingerprint density at radius 1 is 1.09 bits per heavy atom. The van der Waals surface area contributed by atoms with Crippen molar-refractivity contribution in [3.63, 3.8) is 0 Å². The summed E-state index contributed by atoms with van der Waals surface area (Å²) in [5.41, 5.74) is 0.559. The minimum atomic E-state index is -0.635. The number of hydrogen-bond acceptors (Lipinski definition) is 3. The van der Waals surface area contributed by atoms with E-state index < -0.39 is 6.04 Å². The van der Waals surface area contributed by atoms with Crippen LogP contribution in [0.1, 0.15) is 23.2 Å². The largest absolute Gasteiger partial charge is 0.357 e. The van der Waals surface area contributed by atoms with Crippen molar-refractivity contribution in [1.82, 2.24) is 15.1 Å². The molecule has 1 unspecified atom stereocenters. The number of carbonyl (C=O) groups is 3. The number of amides is 3. The molecule has 1 aliphatic heterocycles. The first kappa shape index (κ1) is 15.5. The molecule has 3 amide bonds. The zero-order chi connectivity index (χ0) is 16.4. The van der Waals surface area contributed by atoms with Crippen LogP contribution < -0.4 is 5.32 Å². The van der Waals surface area contributed by atoms with Crippen LogP contribution in [0.25, 0.3) is 0 Å². The lowest BCUT2D eigenvalue weighted by atomic mass is 10.1. The van der Waals surface area contributed by atoms with Crippen LogP contribution in [-0.2, 0) is 9.59 Å². The molecular formula is C17H21N3O3.